The van der Waals surface area contributed by atoms with Gasteiger partial charge in [-0.15, -0.1) is 0 Å². The van der Waals surface area contributed by atoms with E-state index in [9.17, 15) is 9.18 Å². The number of nitrogens with one attached hydrogen (secondary N) is 1. The predicted molar refractivity (Wildman–Crippen MR) is 73.8 cm³/mol. The molecule has 5 heteroatoms. The van der Waals surface area contributed by atoms with Crippen molar-refractivity contribution in [2.24, 2.45) is 0 Å². The van der Waals surface area contributed by atoms with Crippen LogP contribution in [0.2, 0.25) is 0 Å². The summed E-state index contributed by atoms with van der Waals surface area (Å²) >= 11 is 0. The first-order valence-corrected chi connectivity index (χ1v) is 6.91. The topological polar surface area (TPSA) is 51.2 Å². The standard InChI is InChI=1S/C15H21FN2O2/c1-14(2,3)20-13(19)15(7-9-17-10-8-15)11-5-4-6-12(16)18-11/h4-6,17H,7-10H2,1-3H3. The molecule has 1 saturated heterocycles. The van der Waals surface area contributed by atoms with E-state index in [-0.39, 0.29) is 5.97 Å². The third-order valence-electron chi connectivity index (χ3n) is 3.45. The highest BCUT2D eigenvalue weighted by Crippen LogP contribution is 2.35. The highest BCUT2D eigenvalue weighted by atomic mass is 19.1. The van der Waals surface area contributed by atoms with E-state index < -0.39 is 17.0 Å². The van der Waals surface area contributed by atoms with E-state index in [1.807, 2.05) is 20.8 Å². The SMILES string of the molecule is CC(C)(C)OC(=O)C1(c2cccc(F)n2)CCNCC1. The Hall–Kier alpha value is -1.49. The van der Waals surface area contributed by atoms with Crippen molar-refractivity contribution >= 4 is 5.97 Å². The molecule has 0 aliphatic carbocycles. The number of aromatic nitrogens is 1. The number of rotatable bonds is 2. The number of pyridine rings is 1. The van der Waals surface area contributed by atoms with Gasteiger partial charge in [0.2, 0.25) is 5.95 Å². The summed E-state index contributed by atoms with van der Waals surface area (Å²) in [5.41, 5.74) is -0.948. The van der Waals surface area contributed by atoms with Crippen LogP contribution in [-0.4, -0.2) is 29.6 Å². The third kappa shape index (κ3) is 3.15. The van der Waals surface area contributed by atoms with Gasteiger partial charge >= 0.3 is 5.97 Å². The number of ether oxygens (including phenoxy) is 1. The van der Waals surface area contributed by atoms with E-state index in [1.165, 1.54) is 6.07 Å². The minimum absolute atomic E-state index is 0.315. The van der Waals surface area contributed by atoms with Crippen LogP contribution in [0.4, 0.5) is 4.39 Å². The molecule has 1 aliphatic rings. The van der Waals surface area contributed by atoms with Crippen LogP contribution >= 0.6 is 0 Å². The highest BCUT2D eigenvalue weighted by molar-refractivity contribution is 5.83. The van der Waals surface area contributed by atoms with Gasteiger partial charge < -0.3 is 10.1 Å². The van der Waals surface area contributed by atoms with Crippen LogP contribution < -0.4 is 5.32 Å². The zero-order valence-corrected chi connectivity index (χ0v) is 12.2. The summed E-state index contributed by atoms with van der Waals surface area (Å²) in [4.78, 5) is 16.6. The van der Waals surface area contributed by atoms with Crippen LogP contribution in [0.5, 0.6) is 0 Å². The number of esters is 1. The van der Waals surface area contributed by atoms with Crippen LogP contribution in [0, 0.1) is 5.95 Å². The molecular weight excluding hydrogens is 259 g/mol. The fraction of sp³-hybridized carbons (Fsp3) is 0.600. The Morgan fingerprint density at radius 2 is 2.00 bits per heavy atom. The first-order chi connectivity index (χ1) is 9.33. The van der Waals surface area contributed by atoms with Crippen LogP contribution in [-0.2, 0) is 14.9 Å². The van der Waals surface area contributed by atoms with Crippen molar-refractivity contribution < 1.29 is 13.9 Å². The van der Waals surface area contributed by atoms with E-state index in [4.69, 9.17) is 4.74 Å². The largest absolute Gasteiger partial charge is 0.459 e. The van der Waals surface area contributed by atoms with Gasteiger partial charge in [-0.1, -0.05) is 6.07 Å². The molecule has 1 aromatic heterocycles. The van der Waals surface area contributed by atoms with Gasteiger partial charge in [-0.2, -0.15) is 4.39 Å². The van der Waals surface area contributed by atoms with Gasteiger partial charge in [0.25, 0.3) is 0 Å². The molecule has 2 rings (SSSR count). The van der Waals surface area contributed by atoms with Crippen molar-refractivity contribution in [1.82, 2.24) is 10.3 Å². The second-order valence-corrected chi connectivity index (χ2v) is 6.18. The van der Waals surface area contributed by atoms with Crippen molar-refractivity contribution in [2.75, 3.05) is 13.1 Å². The molecule has 4 nitrogen and oxygen atoms in total. The molecule has 0 radical (unpaired) electrons. The van der Waals surface area contributed by atoms with Gasteiger partial charge in [0.15, 0.2) is 0 Å². The maximum absolute atomic E-state index is 13.4. The Balaban J connectivity index is 2.37. The van der Waals surface area contributed by atoms with Gasteiger partial charge in [0.1, 0.15) is 11.0 Å². The number of hydrogen-bond donors (Lipinski definition) is 1. The normalized spacial score (nSPS) is 18.6. The minimum Gasteiger partial charge on any atom is -0.459 e. The quantitative estimate of drug-likeness (QED) is 0.666. The van der Waals surface area contributed by atoms with E-state index in [0.29, 0.717) is 31.6 Å². The summed E-state index contributed by atoms with van der Waals surface area (Å²) in [5, 5.41) is 3.21. The molecule has 0 amide bonds. The second-order valence-electron chi connectivity index (χ2n) is 6.18. The Morgan fingerprint density at radius 1 is 1.35 bits per heavy atom. The molecule has 110 valence electrons. The van der Waals surface area contributed by atoms with E-state index in [2.05, 4.69) is 10.3 Å². The number of piperidine rings is 1. The number of hydrogen-bond acceptors (Lipinski definition) is 4. The average molecular weight is 280 g/mol. The van der Waals surface area contributed by atoms with Crippen molar-refractivity contribution in [1.29, 1.82) is 0 Å². The van der Waals surface area contributed by atoms with Crippen molar-refractivity contribution in [3.05, 3.63) is 29.8 Å². The molecule has 0 bridgehead atoms. The molecule has 0 aromatic carbocycles. The first-order valence-electron chi connectivity index (χ1n) is 6.91. The molecule has 1 aromatic rings. The average Bonchev–Trinajstić information content (AvgIpc) is 2.37. The molecule has 1 N–H and O–H groups in total. The number of nitrogens with zero attached hydrogens (tertiary/aromatic N) is 1. The van der Waals surface area contributed by atoms with Crippen molar-refractivity contribution in [3.63, 3.8) is 0 Å². The van der Waals surface area contributed by atoms with E-state index in [0.717, 1.165) is 0 Å². The fourth-order valence-corrected chi connectivity index (χ4v) is 2.47. The molecule has 0 atom stereocenters. The van der Waals surface area contributed by atoms with Crippen LogP contribution in [0.3, 0.4) is 0 Å². The zero-order valence-electron chi connectivity index (χ0n) is 12.2. The molecular formula is C15H21FN2O2. The monoisotopic (exact) mass is 280 g/mol. The molecule has 2 heterocycles. The van der Waals surface area contributed by atoms with Crippen molar-refractivity contribution in [2.45, 2.75) is 44.6 Å². The second kappa shape index (κ2) is 5.48. The lowest BCUT2D eigenvalue weighted by Crippen LogP contribution is -2.48. The molecule has 1 aliphatic heterocycles. The molecule has 1 fully saturated rings. The molecule has 20 heavy (non-hydrogen) atoms. The summed E-state index contributed by atoms with van der Waals surface area (Å²) in [7, 11) is 0. The Bertz CT molecular complexity index is 491. The zero-order chi connectivity index (χ0) is 14.8. The predicted octanol–water partition coefficient (Wildman–Crippen LogP) is 2.18. The van der Waals surface area contributed by atoms with E-state index >= 15 is 0 Å². The highest BCUT2D eigenvalue weighted by Gasteiger charge is 2.45. The van der Waals surface area contributed by atoms with Gasteiger partial charge in [0.05, 0.1) is 5.69 Å². The van der Waals surface area contributed by atoms with Gasteiger partial charge in [-0.25, -0.2) is 4.98 Å². The number of carbonyl (C=O) groups excluding carboxylic acids is 1. The Labute approximate surface area is 118 Å². The van der Waals surface area contributed by atoms with Crippen molar-refractivity contribution in [3.8, 4) is 0 Å². The maximum atomic E-state index is 13.4. The van der Waals surface area contributed by atoms with Crippen LogP contribution in [0.25, 0.3) is 0 Å². The summed E-state index contributed by atoms with van der Waals surface area (Å²) in [5.74, 6) is -0.881. The lowest BCUT2D eigenvalue weighted by atomic mass is 9.75. The lowest BCUT2D eigenvalue weighted by Gasteiger charge is -2.37. The summed E-state index contributed by atoms with van der Waals surface area (Å²) in [6.45, 7) is 6.88. The molecule has 0 unspecified atom stereocenters. The minimum atomic E-state index is -0.847. The number of carbonyl (C=O) groups is 1. The lowest BCUT2D eigenvalue weighted by molar-refractivity contribution is -0.163. The Kier molecular flexibility index (Phi) is 4.09. The third-order valence-corrected chi connectivity index (χ3v) is 3.45. The van der Waals surface area contributed by atoms with Crippen LogP contribution in [0.15, 0.2) is 18.2 Å². The summed E-state index contributed by atoms with van der Waals surface area (Å²) in [6.07, 6.45) is 1.14. The van der Waals surface area contributed by atoms with Gasteiger partial charge in [-0.3, -0.25) is 4.79 Å². The summed E-state index contributed by atoms with van der Waals surface area (Å²) in [6, 6.07) is 4.58. The summed E-state index contributed by atoms with van der Waals surface area (Å²) < 4.78 is 19.0. The smallest absolute Gasteiger partial charge is 0.318 e. The Morgan fingerprint density at radius 3 is 2.55 bits per heavy atom. The van der Waals surface area contributed by atoms with Crippen LogP contribution in [0.1, 0.15) is 39.3 Å². The first kappa shape index (κ1) is 14.9. The molecule has 0 spiro atoms. The van der Waals surface area contributed by atoms with Gasteiger partial charge in [0, 0.05) is 0 Å². The van der Waals surface area contributed by atoms with Gasteiger partial charge in [-0.05, 0) is 58.8 Å². The van der Waals surface area contributed by atoms with E-state index in [1.54, 1.807) is 12.1 Å². The molecule has 0 saturated carbocycles. The number of halogens is 1. The fourth-order valence-electron chi connectivity index (χ4n) is 2.47. The maximum Gasteiger partial charge on any atom is 0.318 e.